The van der Waals surface area contributed by atoms with Crippen LogP contribution in [0.25, 0.3) is 11.0 Å². The molecule has 0 aliphatic heterocycles. The Morgan fingerprint density at radius 3 is 2.80 bits per heavy atom. The van der Waals surface area contributed by atoms with E-state index in [1.807, 2.05) is 25.1 Å². The molecule has 0 bridgehead atoms. The largest absolute Gasteiger partial charge is 0.327 e. The molecule has 0 amide bonds. The summed E-state index contributed by atoms with van der Waals surface area (Å²) in [6.07, 6.45) is 1.09. The molecule has 0 aliphatic carbocycles. The van der Waals surface area contributed by atoms with Crippen molar-refractivity contribution >= 4 is 22.6 Å². The molecule has 0 radical (unpaired) electrons. The standard InChI is InChI=1S/C12H15ClN2/c1-3-8-15-11-7-5-4-6-10(11)14-12(15)9(2)13/h4-7,9H,3,8H2,1-2H3/t9-/m1/s1. The number of nitrogens with zero attached hydrogens (tertiary/aromatic N) is 2. The minimum atomic E-state index is -0.0380. The fraction of sp³-hybridized carbons (Fsp3) is 0.417. The fourth-order valence-corrected chi connectivity index (χ4v) is 2.02. The Hall–Kier alpha value is -1.02. The lowest BCUT2D eigenvalue weighted by Crippen LogP contribution is -2.03. The van der Waals surface area contributed by atoms with Gasteiger partial charge in [-0.15, -0.1) is 11.6 Å². The molecule has 0 spiro atoms. The van der Waals surface area contributed by atoms with Gasteiger partial charge >= 0.3 is 0 Å². The average Bonchev–Trinajstić information content (AvgIpc) is 2.58. The summed E-state index contributed by atoms with van der Waals surface area (Å²) in [6, 6.07) is 8.18. The van der Waals surface area contributed by atoms with Gasteiger partial charge in [-0.05, 0) is 25.5 Å². The van der Waals surface area contributed by atoms with E-state index < -0.39 is 0 Å². The van der Waals surface area contributed by atoms with Gasteiger partial charge in [0.15, 0.2) is 0 Å². The Morgan fingerprint density at radius 1 is 1.40 bits per heavy atom. The second kappa shape index (κ2) is 4.23. The predicted octanol–water partition coefficient (Wildman–Crippen LogP) is 3.75. The van der Waals surface area contributed by atoms with Crippen LogP contribution in [0, 0.1) is 0 Å². The van der Waals surface area contributed by atoms with Crippen molar-refractivity contribution in [3.8, 4) is 0 Å². The molecule has 1 atom stereocenters. The van der Waals surface area contributed by atoms with Crippen molar-refractivity contribution in [2.24, 2.45) is 0 Å². The lowest BCUT2D eigenvalue weighted by molar-refractivity contribution is 0.654. The van der Waals surface area contributed by atoms with Crippen molar-refractivity contribution in [3.05, 3.63) is 30.1 Å². The van der Waals surface area contributed by atoms with Crippen molar-refractivity contribution < 1.29 is 0 Å². The van der Waals surface area contributed by atoms with Crippen LogP contribution in [-0.4, -0.2) is 9.55 Å². The maximum atomic E-state index is 6.13. The van der Waals surface area contributed by atoms with Gasteiger partial charge in [0.1, 0.15) is 5.82 Å². The van der Waals surface area contributed by atoms with Crippen LogP contribution in [0.15, 0.2) is 24.3 Å². The molecule has 1 aromatic heterocycles. The van der Waals surface area contributed by atoms with E-state index in [0.29, 0.717) is 0 Å². The lowest BCUT2D eigenvalue weighted by Gasteiger charge is -2.08. The molecule has 0 fully saturated rings. The first kappa shape index (κ1) is 10.5. The zero-order valence-corrected chi connectivity index (χ0v) is 9.83. The highest BCUT2D eigenvalue weighted by Crippen LogP contribution is 2.24. The number of fused-ring (bicyclic) bond motifs is 1. The monoisotopic (exact) mass is 222 g/mol. The number of halogens is 1. The number of hydrogen-bond acceptors (Lipinski definition) is 1. The van der Waals surface area contributed by atoms with Crippen molar-refractivity contribution in [1.29, 1.82) is 0 Å². The summed E-state index contributed by atoms with van der Waals surface area (Å²) in [5, 5.41) is -0.0380. The summed E-state index contributed by atoms with van der Waals surface area (Å²) in [6.45, 7) is 5.11. The number of para-hydroxylation sites is 2. The summed E-state index contributed by atoms with van der Waals surface area (Å²) in [4.78, 5) is 4.56. The second-order valence-corrected chi connectivity index (χ2v) is 4.38. The summed E-state index contributed by atoms with van der Waals surface area (Å²) in [5.41, 5.74) is 2.22. The molecule has 3 heteroatoms. The molecule has 1 heterocycles. The smallest absolute Gasteiger partial charge is 0.127 e. The molecule has 2 rings (SSSR count). The van der Waals surface area contributed by atoms with E-state index in [1.165, 1.54) is 5.52 Å². The van der Waals surface area contributed by atoms with Crippen LogP contribution in [0.1, 0.15) is 31.5 Å². The van der Waals surface area contributed by atoms with E-state index in [4.69, 9.17) is 11.6 Å². The SMILES string of the molecule is CCCn1c([C@@H](C)Cl)nc2ccccc21. The van der Waals surface area contributed by atoms with Gasteiger partial charge in [-0.2, -0.15) is 0 Å². The van der Waals surface area contributed by atoms with Crippen LogP contribution in [0.3, 0.4) is 0 Å². The van der Waals surface area contributed by atoms with Crippen LogP contribution in [-0.2, 0) is 6.54 Å². The topological polar surface area (TPSA) is 17.8 Å². The van der Waals surface area contributed by atoms with Crippen LogP contribution in [0.2, 0.25) is 0 Å². The maximum Gasteiger partial charge on any atom is 0.127 e. The third-order valence-electron chi connectivity index (χ3n) is 2.49. The Balaban J connectivity index is 2.63. The summed E-state index contributed by atoms with van der Waals surface area (Å²) in [7, 11) is 0. The quantitative estimate of drug-likeness (QED) is 0.724. The van der Waals surface area contributed by atoms with Gasteiger partial charge in [0.25, 0.3) is 0 Å². The van der Waals surface area contributed by atoms with E-state index in [0.717, 1.165) is 24.3 Å². The molecule has 0 unspecified atom stereocenters. The molecule has 2 nitrogen and oxygen atoms in total. The van der Waals surface area contributed by atoms with Crippen LogP contribution < -0.4 is 0 Å². The first-order valence-electron chi connectivity index (χ1n) is 5.33. The molecule has 0 saturated carbocycles. The van der Waals surface area contributed by atoms with Gasteiger partial charge in [-0.1, -0.05) is 19.1 Å². The number of rotatable bonds is 3. The lowest BCUT2D eigenvalue weighted by atomic mass is 10.3. The number of alkyl halides is 1. The van der Waals surface area contributed by atoms with Crippen LogP contribution in [0.5, 0.6) is 0 Å². The van der Waals surface area contributed by atoms with Gasteiger partial charge in [-0.25, -0.2) is 4.98 Å². The van der Waals surface area contributed by atoms with E-state index in [9.17, 15) is 0 Å². The van der Waals surface area contributed by atoms with Crippen molar-refractivity contribution in [2.75, 3.05) is 0 Å². The molecule has 0 N–H and O–H groups in total. The highest BCUT2D eigenvalue weighted by Gasteiger charge is 2.13. The second-order valence-electron chi connectivity index (χ2n) is 3.73. The maximum absolute atomic E-state index is 6.13. The Labute approximate surface area is 94.9 Å². The van der Waals surface area contributed by atoms with Gasteiger partial charge in [0.2, 0.25) is 0 Å². The van der Waals surface area contributed by atoms with Crippen LogP contribution >= 0.6 is 11.6 Å². The zero-order valence-electron chi connectivity index (χ0n) is 9.07. The highest BCUT2D eigenvalue weighted by atomic mass is 35.5. The number of hydrogen-bond donors (Lipinski definition) is 0. The molecular weight excluding hydrogens is 208 g/mol. The van der Waals surface area contributed by atoms with E-state index >= 15 is 0 Å². The molecule has 15 heavy (non-hydrogen) atoms. The van der Waals surface area contributed by atoms with E-state index in [-0.39, 0.29) is 5.38 Å². The van der Waals surface area contributed by atoms with Crippen molar-refractivity contribution in [1.82, 2.24) is 9.55 Å². The van der Waals surface area contributed by atoms with Gasteiger partial charge < -0.3 is 4.57 Å². The number of aryl methyl sites for hydroxylation is 1. The normalized spacial score (nSPS) is 13.3. The van der Waals surface area contributed by atoms with E-state index in [1.54, 1.807) is 0 Å². The number of aromatic nitrogens is 2. The third-order valence-corrected chi connectivity index (χ3v) is 2.68. The van der Waals surface area contributed by atoms with Crippen molar-refractivity contribution in [3.63, 3.8) is 0 Å². The average molecular weight is 223 g/mol. The molecule has 80 valence electrons. The van der Waals surface area contributed by atoms with E-state index in [2.05, 4.69) is 22.5 Å². The van der Waals surface area contributed by atoms with Gasteiger partial charge in [0.05, 0.1) is 16.4 Å². The zero-order chi connectivity index (χ0) is 10.8. The van der Waals surface area contributed by atoms with Crippen LogP contribution in [0.4, 0.5) is 0 Å². The predicted molar refractivity (Wildman–Crippen MR) is 64.3 cm³/mol. The Kier molecular flexibility index (Phi) is 2.96. The third kappa shape index (κ3) is 1.86. The Bertz CT molecular complexity index is 460. The highest BCUT2D eigenvalue weighted by molar-refractivity contribution is 6.20. The van der Waals surface area contributed by atoms with Gasteiger partial charge in [0, 0.05) is 6.54 Å². The summed E-state index contributed by atoms with van der Waals surface area (Å²) < 4.78 is 2.22. The van der Waals surface area contributed by atoms with Gasteiger partial charge in [-0.3, -0.25) is 0 Å². The number of imidazole rings is 1. The molecule has 0 aliphatic rings. The number of benzene rings is 1. The minimum absolute atomic E-state index is 0.0380. The first-order valence-corrected chi connectivity index (χ1v) is 5.77. The molecule has 0 saturated heterocycles. The molecular formula is C12H15ClN2. The summed E-state index contributed by atoms with van der Waals surface area (Å²) in [5.74, 6) is 0.972. The Morgan fingerprint density at radius 2 is 2.13 bits per heavy atom. The minimum Gasteiger partial charge on any atom is -0.327 e. The molecule has 2 aromatic rings. The van der Waals surface area contributed by atoms with Crippen molar-refractivity contribution in [2.45, 2.75) is 32.2 Å². The molecule has 1 aromatic carbocycles. The summed E-state index contributed by atoms with van der Waals surface area (Å²) >= 11 is 6.13. The first-order chi connectivity index (χ1) is 7.24. The fourth-order valence-electron chi connectivity index (χ4n) is 1.86.